The van der Waals surface area contributed by atoms with E-state index < -0.39 is 5.97 Å². The van der Waals surface area contributed by atoms with E-state index in [1.807, 2.05) is 0 Å². The van der Waals surface area contributed by atoms with Gasteiger partial charge in [-0.25, -0.2) is 4.79 Å². The maximum absolute atomic E-state index is 11.0. The fraction of sp³-hybridized carbons (Fsp3) is 0.375. The first-order valence-corrected chi connectivity index (χ1v) is 3.43. The van der Waals surface area contributed by atoms with Crippen LogP contribution in [0.15, 0.2) is 16.7 Å². The Morgan fingerprint density at radius 2 is 2.33 bits per heavy atom. The molecule has 4 heteroatoms. The molecule has 0 spiro atoms. The molecule has 1 aromatic rings. The highest BCUT2D eigenvalue weighted by molar-refractivity contribution is 5.87. The van der Waals surface area contributed by atoms with Crippen molar-refractivity contribution in [3.05, 3.63) is 23.7 Å². The van der Waals surface area contributed by atoms with Crippen LogP contribution in [-0.2, 0) is 16.1 Å². The Labute approximate surface area is 70.1 Å². The molecule has 0 atom stereocenters. The van der Waals surface area contributed by atoms with Crippen molar-refractivity contribution in [3.8, 4) is 0 Å². The van der Waals surface area contributed by atoms with Crippen molar-refractivity contribution >= 4 is 5.97 Å². The lowest BCUT2D eigenvalue weighted by molar-refractivity contribution is 0.0558. The first kappa shape index (κ1) is 8.80. The number of ether oxygens (including phenoxy) is 2. The fourth-order valence-corrected chi connectivity index (χ4v) is 0.877. The van der Waals surface area contributed by atoms with E-state index in [1.54, 1.807) is 13.2 Å². The molecule has 0 N–H and O–H groups in total. The number of rotatable bonds is 3. The topological polar surface area (TPSA) is 48.7 Å². The number of esters is 1. The zero-order valence-corrected chi connectivity index (χ0v) is 6.99. The first-order chi connectivity index (χ1) is 5.79. The molecular weight excluding hydrogens is 160 g/mol. The quantitative estimate of drug-likeness (QED) is 0.640. The predicted octanol–water partition coefficient (Wildman–Crippen LogP) is 1.21. The summed E-state index contributed by atoms with van der Waals surface area (Å²) in [5.74, 6) is -0.272. The predicted molar refractivity (Wildman–Crippen MR) is 40.8 cm³/mol. The summed E-state index contributed by atoms with van der Waals surface area (Å²) in [5.41, 5.74) is 0.698. The number of hydrogen-bond donors (Lipinski definition) is 0. The largest absolute Gasteiger partial charge is 0.463 e. The Kier molecular flexibility index (Phi) is 2.88. The molecule has 0 aliphatic carbocycles. The van der Waals surface area contributed by atoms with E-state index in [-0.39, 0.29) is 5.76 Å². The highest BCUT2D eigenvalue weighted by Gasteiger charge is 2.14. The van der Waals surface area contributed by atoms with Gasteiger partial charge in [-0.05, 0) is 6.07 Å². The van der Waals surface area contributed by atoms with E-state index in [0.29, 0.717) is 12.2 Å². The summed E-state index contributed by atoms with van der Waals surface area (Å²) in [6.45, 7) is 0.348. The van der Waals surface area contributed by atoms with Gasteiger partial charge in [0.25, 0.3) is 0 Å². The fourth-order valence-electron chi connectivity index (χ4n) is 0.877. The van der Waals surface area contributed by atoms with Gasteiger partial charge >= 0.3 is 5.97 Å². The van der Waals surface area contributed by atoms with Crippen molar-refractivity contribution in [2.24, 2.45) is 0 Å². The van der Waals surface area contributed by atoms with Crippen molar-refractivity contribution in [3.63, 3.8) is 0 Å². The molecule has 0 aliphatic heterocycles. The van der Waals surface area contributed by atoms with Crippen LogP contribution in [0.3, 0.4) is 0 Å². The third-order valence-electron chi connectivity index (χ3n) is 1.42. The molecule has 0 radical (unpaired) electrons. The summed E-state index contributed by atoms with van der Waals surface area (Å²) < 4.78 is 14.3. The summed E-state index contributed by atoms with van der Waals surface area (Å²) in [7, 11) is 2.86. The Balaban J connectivity index is 2.83. The van der Waals surface area contributed by atoms with Crippen molar-refractivity contribution in [2.45, 2.75) is 6.61 Å². The minimum Gasteiger partial charge on any atom is -0.463 e. The van der Waals surface area contributed by atoms with Gasteiger partial charge in [0, 0.05) is 12.7 Å². The minimum atomic E-state index is -0.480. The van der Waals surface area contributed by atoms with Crippen molar-refractivity contribution in [1.29, 1.82) is 0 Å². The molecule has 0 saturated heterocycles. The van der Waals surface area contributed by atoms with Gasteiger partial charge in [0.2, 0.25) is 5.76 Å². The summed E-state index contributed by atoms with van der Waals surface area (Å²) in [6, 6.07) is 1.68. The van der Waals surface area contributed by atoms with Gasteiger partial charge in [-0.15, -0.1) is 0 Å². The molecule has 1 heterocycles. The second-order valence-electron chi connectivity index (χ2n) is 2.20. The molecule has 0 unspecified atom stereocenters. The maximum Gasteiger partial charge on any atom is 0.374 e. The van der Waals surface area contributed by atoms with E-state index in [2.05, 4.69) is 4.74 Å². The van der Waals surface area contributed by atoms with E-state index in [1.165, 1.54) is 13.4 Å². The zero-order valence-electron chi connectivity index (χ0n) is 6.99. The molecule has 4 nitrogen and oxygen atoms in total. The number of carbonyl (C=O) groups is 1. The molecule has 1 aromatic heterocycles. The minimum absolute atomic E-state index is 0.208. The highest BCUT2D eigenvalue weighted by Crippen LogP contribution is 2.12. The Morgan fingerprint density at radius 1 is 1.58 bits per heavy atom. The average Bonchev–Trinajstić information content (AvgIpc) is 2.52. The van der Waals surface area contributed by atoms with E-state index >= 15 is 0 Å². The van der Waals surface area contributed by atoms with Crippen LogP contribution in [0.2, 0.25) is 0 Å². The number of furan rings is 1. The van der Waals surface area contributed by atoms with Gasteiger partial charge in [0.1, 0.15) is 0 Å². The third kappa shape index (κ3) is 1.65. The summed E-state index contributed by atoms with van der Waals surface area (Å²) in [6.07, 6.45) is 1.43. The molecule has 0 saturated carbocycles. The molecule has 0 aromatic carbocycles. The molecule has 66 valence electrons. The van der Waals surface area contributed by atoms with Crippen LogP contribution in [-0.4, -0.2) is 20.2 Å². The van der Waals surface area contributed by atoms with Gasteiger partial charge in [-0.1, -0.05) is 0 Å². The van der Waals surface area contributed by atoms with E-state index in [4.69, 9.17) is 9.15 Å². The smallest absolute Gasteiger partial charge is 0.374 e. The van der Waals surface area contributed by atoms with Gasteiger partial charge in [-0.2, -0.15) is 0 Å². The second kappa shape index (κ2) is 3.92. The second-order valence-corrected chi connectivity index (χ2v) is 2.20. The molecule has 1 rings (SSSR count). The Morgan fingerprint density at radius 3 is 2.92 bits per heavy atom. The monoisotopic (exact) mass is 170 g/mol. The Hall–Kier alpha value is -1.29. The Bertz CT molecular complexity index is 264. The molecule has 12 heavy (non-hydrogen) atoms. The van der Waals surface area contributed by atoms with Crippen LogP contribution in [0.4, 0.5) is 0 Å². The third-order valence-corrected chi connectivity index (χ3v) is 1.42. The van der Waals surface area contributed by atoms with E-state index in [9.17, 15) is 4.79 Å². The number of hydrogen-bond acceptors (Lipinski definition) is 4. The van der Waals surface area contributed by atoms with Crippen LogP contribution < -0.4 is 0 Å². The summed E-state index contributed by atoms with van der Waals surface area (Å²) >= 11 is 0. The lowest BCUT2D eigenvalue weighted by atomic mass is 10.2. The summed E-state index contributed by atoms with van der Waals surface area (Å²) in [4.78, 5) is 11.0. The summed E-state index contributed by atoms with van der Waals surface area (Å²) in [5, 5.41) is 0. The lowest BCUT2D eigenvalue weighted by Crippen LogP contribution is -2.03. The van der Waals surface area contributed by atoms with Crippen LogP contribution >= 0.6 is 0 Å². The highest BCUT2D eigenvalue weighted by atomic mass is 16.5. The van der Waals surface area contributed by atoms with Gasteiger partial charge in [0.05, 0.1) is 20.0 Å². The standard InChI is InChI=1S/C8H10O4/c1-10-5-6-3-4-12-7(6)8(9)11-2/h3-4H,5H2,1-2H3. The molecular formula is C8H10O4. The van der Waals surface area contributed by atoms with Crippen molar-refractivity contribution < 1.29 is 18.7 Å². The normalized spacial score (nSPS) is 9.83. The van der Waals surface area contributed by atoms with Crippen molar-refractivity contribution in [1.82, 2.24) is 0 Å². The van der Waals surface area contributed by atoms with E-state index in [0.717, 1.165) is 0 Å². The van der Waals surface area contributed by atoms with Crippen LogP contribution in [0.1, 0.15) is 16.1 Å². The van der Waals surface area contributed by atoms with Crippen LogP contribution in [0, 0.1) is 0 Å². The molecule has 0 fully saturated rings. The first-order valence-electron chi connectivity index (χ1n) is 3.43. The number of carbonyl (C=O) groups excluding carboxylic acids is 1. The maximum atomic E-state index is 11.0. The van der Waals surface area contributed by atoms with Gasteiger partial charge in [0.15, 0.2) is 0 Å². The van der Waals surface area contributed by atoms with Crippen molar-refractivity contribution in [2.75, 3.05) is 14.2 Å². The molecule has 0 amide bonds. The molecule has 0 bridgehead atoms. The van der Waals surface area contributed by atoms with Gasteiger partial charge < -0.3 is 13.9 Å². The molecule has 0 aliphatic rings. The average molecular weight is 170 g/mol. The zero-order chi connectivity index (χ0) is 8.97. The lowest BCUT2D eigenvalue weighted by Gasteiger charge is -1.98. The van der Waals surface area contributed by atoms with Crippen LogP contribution in [0.5, 0.6) is 0 Å². The van der Waals surface area contributed by atoms with Crippen LogP contribution in [0.25, 0.3) is 0 Å². The number of methoxy groups -OCH3 is 2. The SMILES string of the molecule is COCc1ccoc1C(=O)OC. The van der Waals surface area contributed by atoms with Gasteiger partial charge in [-0.3, -0.25) is 0 Å².